The Kier molecular flexibility index (Phi) is 25.8. The van der Waals surface area contributed by atoms with Gasteiger partial charge in [0.2, 0.25) is 0 Å². The van der Waals surface area contributed by atoms with Gasteiger partial charge in [0.05, 0.1) is 13.2 Å². The first-order valence-electron chi connectivity index (χ1n) is 18.1. The van der Waals surface area contributed by atoms with Crippen LogP contribution in [0.5, 0.6) is 0 Å². The largest absolute Gasteiger partial charge is 0.462 e. The van der Waals surface area contributed by atoms with E-state index in [0.29, 0.717) is 12.8 Å². The molecule has 10 heteroatoms. The molecule has 1 fully saturated rings. The number of ether oxygens (including phenoxy) is 4. The standard InChI is InChI=1S/C35H66O10/c1-3-5-7-8-9-10-11-12-13-14-15-16-17-18-19-20-21-22-24-31(38)44-28(26-42-30(37)23-6-4-2)27-43-35-34(41)33(40)32(39)29(25-36)45-35/h28-29,32-36,39-41H,3-27H2,1-2H3. The second-order valence-electron chi connectivity index (χ2n) is 12.7. The predicted octanol–water partition coefficient (Wildman–Crippen LogP) is 5.88. The Morgan fingerprint density at radius 3 is 1.56 bits per heavy atom. The molecular weight excluding hydrogens is 580 g/mol. The zero-order valence-corrected chi connectivity index (χ0v) is 28.4. The van der Waals surface area contributed by atoms with Gasteiger partial charge in [-0.05, 0) is 12.8 Å². The van der Waals surface area contributed by atoms with E-state index in [-0.39, 0.29) is 26.1 Å². The van der Waals surface area contributed by atoms with Crippen LogP contribution in [0.15, 0.2) is 0 Å². The molecule has 0 aliphatic carbocycles. The van der Waals surface area contributed by atoms with Crippen LogP contribution in [0, 0.1) is 0 Å². The highest BCUT2D eigenvalue weighted by Crippen LogP contribution is 2.22. The SMILES string of the molecule is CCCCCCCCCCCCCCCCCCCCC(=O)OC(COC(=O)CCCC)COC1OC(CO)C(O)C(O)C1O. The van der Waals surface area contributed by atoms with Crippen LogP contribution in [-0.2, 0) is 28.5 Å². The lowest BCUT2D eigenvalue weighted by atomic mass is 9.99. The summed E-state index contributed by atoms with van der Waals surface area (Å²) >= 11 is 0. The molecule has 1 saturated heterocycles. The number of hydrogen-bond donors (Lipinski definition) is 4. The highest BCUT2D eigenvalue weighted by Gasteiger charge is 2.44. The molecule has 0 saturated carbocycles. The van der Waals surface area contributed by atoms with Gasteiger partial charge in [0.25, 0.3) is 0 Å². The lowest BCUT2D eigenvalue weighted by Gasteiger charge is -2.39. The third-order valence-corrected chi connectivity index (χ3v) is 8.49. The first kappa shape index (κ1) is 41.7. The minimum atomic E-state index is -1.58. The van der Waals surface area contributed by atoms with Crippen molar-refractivity contribution in [1.29, 1.82) is 0 Å². The summed E-state index contributed by atoms with van der Waals surface area (Å²) in [6.07, 6.45) is 16.7. The van der Waals surface area contributed by atoms with Crippen molar-refractivity contribution in [3.05, 3.63) is 0 Å². The van der Waals surface area contributed by atoms with E-state index >= 15 is 0 Å². The Bertz CT molecular complexity index is 719. The Balaban J connectivity index is 2.21. The molecule has 6 unspecified atom stereocenters. The molecule has 0 amide bonds. The molecule has 266 valence electrons. The molecular formula is C35H66O10. The van der Waals surface area contributed by atoms with Gasteiger partial charge in [-0.3, -0.25) is 9.59 Å². The van der Waals surface area contributed by atoms with Gasteiger partial charge in [-0.2, -0.15) is 0 Å². The van der Waals surface area contributed by atoms with Gasteiger partial charge in [-0.1, -0.05) is 129 Å². The summed E-state index contributed by atoms with van der Waals surface area (Å²) in [5.41, 5.74) is 0. The molecule has 6 atom stereocenters. The average Bonchev–Trinajstić information content (AvgIpc) is 3.04. The van der Waals surface area contributed by atoms with E-state index in [4.69, 9.17) is 18.9 Å². The summed E-state index contributed by atoms with van der Waals surface area (Å²) in [7, 11) is 0. The maximum absolute atomic E-state index is 12.5. The van der Waals surface area contributed by atoms with Crippen LogP contribution >= 0.6 is 0 Å². The Morgan fingerprint density at radius 2 is 1.07 bits per heavy atom. The maximum atomic E-state index is 12.5. The Labute approximate surface area is 272 Å². The van der Waals surface area contributed by atoms with Gasteiger partial charge in [-0.25, -0.2) is 0 Å². The normalized spacial score (nSPS) is 22.3. The van der Waals surface area contributed by atoms with Gasteiger partial charge in [0, 0.05) is 12.8 Å². The van der Waals surface area contributed by atoms with Crippen LogP contribution < -0.4 is 0 Å². The van der Waals surface area contributed by atoms with E-state index in [9.17, 15) is 30.0 Å². The van der Waals surface area contributed by atoms with E-state index in [0.717, 1.165) is 25.7 Å². The molecule has 0 bridgehead atoms. The summed E-state index contributed by atoms with van der Waals surface area (Å²) < 4.78 is 21.7. The van der Waals surface area contributed by atoms with E-state index in [1.807, 2.05) is 6.92 Å². The van der Waals surface area contributed by atoms with E-state index in [2.05, 4.69) is 6.92 Å². The lowest BCUT2D eigenvalue weighted by molar-refractivity contribution is -0.305. The van der Waals surface area contributed by atoms with Crippen molar-refractivity contribution in [2.45, 2.75) is 192 Å². The van der Waals surface area contributed by atoms with Gasteiger partial charge < -0.3 is 39.4 Å². The quantitative estimate of drug-likeness (QED) is 0.0573. The molecule has 0 aromatic heterocycles. The number of carbonyl (C=O) groups excluding carboxylic acids is 2. The summed E-state index contributed by atoms with van der Waals surface area (Å²) in [4.78, 5) is 24.6. The van der Waals surface area contributed by atoms with Crippen molar-refractivity contribution < 1.29 is 49.0 Å². The van der Waals surface area contributed by atoms with Crippen molar-refractivity contribution in [2.24, 2.45) is 0 Å². The van der Waals surface area contributed by atoms with Crippen molar-refractivity contribution in [1.82, 2.24) is 0 Å². The number of aliphatic hydroxyl groups excluding tert-OH is 4. The molecule has 0 radical (unpaired) electrons. The topological polar surface area (TPSA) is 152 Å². The minimum Gasteiger partial charge on any atom is -0.462 e. The summed E-state index contributed by atoms with van der Waals surface area (Å²) in [5, 5.41) is 39.5. The van der Waals surface area contributed by atoms with Crippen LogP contribution in [-0.4, -0.2) is 89.0 Å². The maximum Gasteiger partial charge on any atom is 0.306 e. The average molecular weight is 647 g/mol. The summed E-state index contributed by atoms with van der Waals surface area (Å²) in [6, 6.07) is 0. The number of hydrogen-bond acceptors (Lipinski definition) is 10. The van der Waals surface area contributed by atoms with E-state index in [1.165, 1.54) is 89.9 Å². The van der Waals surface area contributed by atoms with Gasteiger partial charge in [0.15, 0.2) is 12.4 Å². The van der Waals surface area contributed by atoms with Crippen LogP contribution in [0.1, 0.15) is 155 Å². The number of esters is 2. The number of rotatable bonds is 29. The smallest absolute Gasteiger partial charge is 0.306 e. The molecule has 1 aliphatic rings. The molecule has 0 aromatic rings. The van der Waals surface area contributed by atoms with Crippen molar-refractivity contribution in [3.8, 4) is 0 Å². The van der Waals surface area contributed by atoms with Gasteiger partial charge in [0.1, 0.15) is 31.0 Å². The molecule has 0 aromatic carbocycles. The first-order valence-corrected chi connectivity index (χ1v) is 18.1. The van der Waals surface area contributed by atoms with Crippen LogP contribution in [0.2, 0.25) is 0 Å². The zero-order chi connectivity index (χ0) is 33.1. The second-order valence-corrected chi connectivity index (χ2v) is 12.7. The van der Waals surface area contributed by atoms with E-state index in [1.54, 1.807) is 0 Å². The van der Waals surface area contributed by atoms with Gasteiger partial charge in [-0.15, -0.1) is 0 Å². The fraction of sp³-hybridized carbons (Fsp3) is 0.943. The van der Waals surface area contributed by atoms with Crippen LogP contribution in [0.25, 0.3) is 0 Å². The first-order chi connectivity index (χ1) is 21.8. The number of aliphatic hydroxyl groups is 4. The monoisotopic (exact) mass is 646 g/mol. The lowest BCUT2D eigenvalue weighted by Crippen LogP contribution is -2.59. The number of carbonyl (C=O) groups is 2. The van der Waals surface area contributed by atoms with Crippen LogP contribution in [0.3, 0.4) is 0 Å². The van der Waals surface area contributed by atoms with E-state index < -0.39 is 55.4 Å². The fourth-order valence-electron chi connectivity index (χ4n) is 5.52. The predicted molar refractivity (Wildman–Crippen MR) is 173 cm³/mol. The zero-order valence-electron chi connectivity index (χ0n) is 28.4. The summed E-state index contributed by atoms with van der Waals surface area (Å²) in [6.45, 7) is 3.16. The van der Waals surface area contributed by atoms with Crippen molar-refractivity contribution in [2.75, 3.05) is 19.8 Å². The second kappa shape index (κ2) is 27.8. The molecule has 45 heavy (non-hydrogen) atoms. The highest BCUT2D eigenvalue weighted by atomic mass is 16.7. The Morgan fingerprint density at radius 1 is 0.600 bits per heavy atom. The van der Waals surface area contributed by atoms with Crippen LogP contribution in [0.4, 0.5) is 0 Å². The molecule has 1 aliphatic heterocycles. The molecule has 10 nitrogen and oxygen atoms in total. The minimum absolute atomic E-state index is 0.217. The molecule has 4 N–H and O–H groups in total. The summed E-state index contributed by atoms with van der Waals surface area (Å²) in [5.74, 6) is -0.840. The third kappa shape index (κ3) is 20.5. The molecule has 0 spiro atoms. The third-order valence-electron chi connectivity index (χ3n) is 8.49. The Hall–Kier alpha value is -1.30. The fourth-order valence-corrected chi connectivity index (χ4v) is 5.52. The molecule has 1 heterocycles. The van der Waals surface area contributed by atoms with Gasteiger partial charge >= 0.3 is 11.9 Å². The highest BCUT2D eigenvalue weighted by molar-refractivity contribution is 5.70. The van der Waals surface area contributed by atoms with Crippen molar-refractivity contribution >= 4 is 11.9 Å². The number of unbranched alkanes of at least 4 members (excludes halogenated alkanes) is 18. The molecule has 1 rings (SSSR count). The van der Waals surface area contributed by atoms with Crippen molar-refractivity contribution in [3.63, 3.8) is 0 Å².